The summed E-state index contributed by atoms with van der Waals surface area (Å²) in [5.41, 5.74) is 4.31. The molecule has 0 aliphatic rings. The van der Waals surface area contributed by atoms with Crippen LogP contribution < -0.4 is 5.63 Å². The third-order valence-electron chi connectivity index (χ3n) is 5.05. The Labute approximate surface area is 173 Å². The summed E-state index contributed by atoms with van der Waals surface area (Å²) in [5.74, 6) is 0.233. The summed E-state index contributed by atoms with van der Waals surface area (Å²) >= 11 is 0. The molecule has 0 saturated heterocycles. The summed E-state index contributed by atoms with van der Waals surface area (Å²) in [5, 5.41) is 10.6. The Kier molecular flexibility index (Phi) is 6.08. The summed E-state index contributed by atoms with van der Waals surface area (Å²) in [6.07, 6.45) is 0. The lowest BCUT2D eigenvalue weighted by atomic mass is 9.94. The molecule has 0 saturated carbocycles. The molecule has 2 atom stereocenters. The van der Waals surface area contributed by atoms with E-state index >= 15 is 0 Å². The third kappa shape index (κ3) is 4.51. The van der Waals surface area contributed by atoms with Crippen LogP contribution in [0.1, 0.15) is 40.9 Å². The van der Waals surface area contributed by atoms with Crippen molar-refractivity contribution in [2.45, 2.75) is 45.4 Å². The van der Waals surface area contributed by atoms with Crippen LogP contribution in [-0.4, -0.2) is 15.1 Å². The van der Waals surface area contributed by atoms with Crippen LogP contribution in [0.4, 0.5) is 0 Å². The van der Waals surface area contributed by atoms with E-state index in [4.69, 9.17) is 4.42 Å². The molecular formula is C24H26O4S. The van der Waals surface area contributed by atoms with Gasteiger partial charge in [-0.2, -0.15) is 0 Å². The molecular weight excluding hydrogens is 384 g/mol. The van der Waals surface area contributed by atoms with E-state index in [1.54, 1.807) is 0 Å². The molecule has 0 bridgehead atoms. The van der Waals surface area contributed by atoms with E-state index in [1.165, 1.54) is 6.07 Å². The molecule has 2 aromatic carbocycles. The van der Waals surface area contributed by atoms with Gasteiger partial charge in [0.25, 0.3) is 0 Å². The maximum absolute atomic E-state index is 12.7. The van der Waals surface area contributed by atoms with Gasteiger partial charge in [-0.1, -0.05) is 42.3 Å². The van der Waals surface area contributed by atoms with Crippen molar-refractivity contribution < 1.29 is 13.7 Å². The van der Waals surface area contributed by atoms with Gasteiger partial charge < -0.3 is 9.52 Å². The monoisotopic (exact) mass is 410 g/mol. The lowest BCUT2D eigenvalue weighted by Crippen LogP contribution is -2.12. The van der Waals surface area contributed by atoms with Crippen LogP contribution in [-0.2, 0) is 10.8 Å². The van der Waals surface area contributed by atoms with Crippen LogP contribution in [0.3, 0.4) is 0 Å². The highest BCUT2D eigenvalue weighted by Gasteiger charge is 2.21. The zero-order valence-corrected chi connectivity index (χ0v) is 18.2. The quantitative estimate of drug-likeness (QED) is 0.631. The van der Waals surface area contributed by atoms with Crippen LogP contribution in [0.2, 0.25) is 0 Å². The minimum atomic E-state index is -1.23. The number of aryl methyl sites for hydroxylation is 4. The normalized spacial score (nSPS) is 13.3. The van der Waals surface area contributed by atoms with Crippen molar-refractivity contribution in [1.82, 2.24) is 0 Å². The van der Waals surface area contributed by atoms with Crippen LogP contribution in [0.5, 0.6) is 5.75 Å². The standard InChI is InChI=1S/C24H26O4S/c1-14-6-8-19(9-7-14)29(27)13-18(5)21-12-20(25)23(24(26)28-21)22-16(3)10-15(2)11-17(22)4/h6-12,18,25H,13H2,1-5H3. The Bertz CT molecular complexity index is 1100. The van der Waals surface area contributed by atoms with Gasteiger partial charge in [0.15, 0.2) is 0 Å². The van der Waals surface area contributed by atoms with Crippen molar-refractivity contribution in [3.63, 3.8) is 0 Å². The molecule has 0 radical (unpaired) electrons. The van der Waals surface area contributed by atoms with Crippen molar-refractivity contribution in [2.75, 3.05) is 5.75 Å². The average Bonchev–Trinajstić information content (AvgIpc) is 2.63. The SMILES string of the molecule is Cc1ccc(S(=O)CC(C)c2cc(O)c(-c3c(C)cc(C)cc3C)c(=O)o2)cc1. The molecule has 1 heterocycles. The first kappa shape index (κ1) is 21.1. The van der Waals surface area contributed by atoms with Crippen LogP contribution >= 0.6 is 0 Å². The molecule has 0 amide bonds. The maximum Gasteiger partial charge on any atom is 0.347 e. The Morgan fingerprint density at radius 2 is 1.52 bits per heavy atom. The molecule has 0 aliphatic heterocycles. The minimum Gasteiger partial charge on any atom is -0.507 e. The molecule has 3 aromatic rings. The number of hydrogen-bond acceptors (Lipinski definition) is 4. The minimum absolute atomic E-state index is 0.112. The number of benzene rings is 2. The molecule has 0 spiro atoms. The van der Waals surface area contributed by atoms with Crippen molar-refractivity contribution in [3.05, 3.63) is 80.9 Å². The van der Waals surface area contributed by atoms with E-state index in [2.05, 4.69) is 0 Å². The van der Waals surface area contributed by atoms with Gasteiger partial charge in [0.1, 0.15) is 17.1 Å². The molecule has 152 valence electrons. The Morgan fingerprint density at radius 1 is 0.931 bits per heavy atom. The highest BCUT2D eigenvalue weighted by molar-refractivity contribution is 7.85. The van der Waals surface area contributed by atoms with Crippen LogP contribution in [0.15, 0.2) is 56.6 Å². The number of rotatable bonds is 5. The highest BCUT2D eigenvalue weighted by Crippen LogP contribution is 2.34. The molecule has 29 heavy (non-hydrogen) atoms. The topological polar surface area (TPSA) is 67.5 Å². The molecule has 4 nitrogen and oxygen atoms in total. The first-order valence-electron chi connectivity index (χ1n) is 9.57. The molecule has 0 aliphatic carbocycles. The number of aromatic hydroxyl groups is 1. The smallest absolute Gasteiger partial charge is 0.347 e. The van der Waals surface area contributed by atoms with Crippen molar-refractivity contribution >= 4 is 10.8 Å². The second kappa shape index (κ2) is 8.37. The van der Waals surface area contributed by atoms with Gasteiger partial charge in [-0.15, -0.1) is 0 Å². The zero-order chi connectivity index (χ0) is 21.3. The fourth-order valence-electron chi connectivity index (χ4n) is 3.64. The maximum atomic E-state index is 12.7. The summed E-state index contributed by atoms with van der Waals surface area (Å²) in [7, 11) is -1.23. The van der Waals surface area contributed by atoms with Gasteiger partial charge in [0.2, 0.25) is 0 Å². The van der Waals surface area contributed by atoms with E-state index in [1.807, 2.05) is 71.0 Å². The van der Waals surface area contributed by atoms with Gasteiger partial charge in [-0.3, -0.25) is 4.21 Å². The van der Waals surface area contributed by atoms with E-state index < -0.39 is 16.4 Å². The molecule has 2 unspecified atom stereocenters. The van der Waals surface area contributed by atoms with Crippen LogP contribution in [0.25, 0.3) is 11.1 Å². The van der Waals surface area contributed by atoms with Crippen molar-refractivity contribution in [3.8, 4) is 16.9 Å². The molecule has 1 N–H and O–H groups in total. The third-order valence-corrected chi connectivity index (χ3v) is 6.65. The van der Waals surface area contributed by atoms with Crippen molar-refractivity contribution in [1.29, 1.82) is 0 Å². The number of hydrogen-bond donors (Lipinski definition) is 1. The highest BCUT2D eigenvalue weighted by atomic mass is 32.2. The average molecular weight is 411 g/mol. The lowest BCUT2D eigenvalue weighted by molar-refractivity contribution is 0.415. The zero-order valence-electron chi connectivity index (χ0n) is 17.4. The molecule has 3 rings (SSSR count). The largest absolute Gasteiger partial charge is 0.507 e. The van der Waals surface area contributed by atoms with Gasteiger partial charge >= 0.3 is 5.63 Å². The Hall–Kier alpha value is -2.66. The van der Waals surface area contributed by atoms with Crippen molar-refractivity contribution in [2.24, 2.45) is 0 Å². The summed E-state index contributed by atoms with van der Waals surface area (Å²) in [6, 6.07) is 13.0. The fourth-order valence-corrected chi connectivity index (χ4v) is 4.89. The summed E-state index contributed by atoms with van der Waals surface area (Å²) in [6.45, 7) is 9.63. The summed E-state index contributed by atoms with van der Waals surface area (Å²) < 4.78 is 18.2. The van der Waals surface area contributed by atoms with Gasteiger partial charge in [0, 0.05) is 22.6 Å². The van der Waals surface area contributed by atoms with E-state index in [0.29, 0.717) is 17.1 Å². The van der Waals surface area contributed by atoms with E-state index in [-0.39, 0.29) is 17.2 Å². The molecule has 0 fully saturated rings. The Morgan fingerprint density at radius 3 is 2.07 bits per heavy atom. The molecule has 5 heteroatoms. The second-order valence-electron chi connectivity index (χ2n) is 7.70. The summed E-state index contributed by atoms with van der Waals surface area (Å²) in [4.78, 5) is 13.5. The fraction of sp³-hybridized carbons (Fsp3) is 0.292. The second-order valence-corrected chi connectivity index (χ2v) is 9.19. The first-order chi connectivity index (χ1) is 13.7. The lowest BCUT2D eigenvalue weighted by Gasteiger charge is -2.15. The van der Waals surface area contributed by atoms with Gasteiger partial charge in [-0.25, -0.2) is 4.79 Å². The Balaban J connectivity index is 1.92. The predicted molar refractivity (Wildman–Crippen MR) is 117 cm³/mol. The van der Waals surface area contributed by atoms with E-state index in [9.17, 15) is 14.1 Å². The van der Waals surface area contributed by atoms with E-state index in [0.717, 1.165) is 27.1 Å². The predicted octanol–water partition coefficient (Wildman–Crippen LogP) is 5.16. The first-order valence-corrected chi connectivity index (χ1v) is 10.9. The molecule has 1 aromatic heterocycles. The van der Waals surface area contributed by atoms with Crippen LogP contribution in [0, 0.1) is 27.7 Å². The van der Waals surface area contributed by atoms with Gasteiger partial charge in [0.05, 0.1) is 10.8 Å². The van der Waals surface area contributed by atoms with Gasteiger partial charge in [-0.05, 0) is 56.5 Å².